The molecule has 1 heterocycles. The molecule has 2 bridgehead atoms. The number of hydrogen-bond acceptors (Lipinski definition) is 6. The molecule has 1 aliphatic heterocycles. The fraction of sp³-hybridized carbons (Fsp3) is 0.909. The Kier molecular flexibility index (Phi) is 6.46. The first-order chi connectivity index (χ1) is 14.1. The van der Waals surface area contributed by atoms with Crippen molar-refractivity contribution in [2.24, 2.45) is 22.7 Å². The zero-order valence-electron chi connectivity index (χ0n) is 18.3. The van der Waals surface area contributed by atoms with E-state index in [1.165, 1.54) is 6.42 Å². The number of ketones is 2. The Morgan fingerprint density at radius 1 is 1.13 bits per heavy atom. The third kappa shape index (κ3) is 4.15. The molecule has 2 unspecified atom stereocenters. The van der Waals surface area contributed by atoms with Crippen molar-refractivity contribution in [3.8, 4) is 0 Å². The fourth-order valence-corrected chi connectivity index (χ4v) is 15.1. The van der Waals surface area contributed by atoms with Gasteiger partial charge in [0.25, 0.3) is 10.1 Å². The van der Waals surface area contributed by atoms with Crippen molar-refractivity contribution in [1.29, 1.82) is 0 Å². The molecule has 0 amide bonds. The first-order valence-corrected chi connectivity index (χ1v) is 16.2. The van der Waals surface area contributed by atoms with Gasteiger partial charge in [0.1, 0.15) is 11.6 Å². The minimum Gasteiger partial charge on any atom is -0.299 e. The average molecular weight is 477 g/mol. The summed E-state index contributed by atoms with van der Waals surface area (Å²) in [6, 6.07) is 0. The van der Waals surface area contributed by atoms with Crippen LogP contribution < -0.4 is 0 Å². The SMILES string of the molecule is CC1(C)C2CCC1(CS(=O)(=O)OS1(CC(=O)C3CCCCC3)CCSCC1)C(=O)C2. The molecule has 0 radical (unpaired) electrons. The summed E-state index contributed by atoms with van der Waals surface area (Å²) in [5.41, 5.74) is -1.11. The summed E-state index contributed by atoms with van der Waals surface area (Å²) in [4.78, 5) is 25.9. The van der Waals surface area contributed by atoms with Crippen molar-refractivity contribution in [2.75, 3.05) is 34.5 Å². The van der Waals surface area contributed by atoms with Gasteiger partial charge in [-0.15, -0.1) is 10.3 Å². The van der Waals surface area contributed by atoms with E-state index in [-0.39, 0.29) is 40.3 Å². The third-order valence-electron chi connectivity index (χ3n) is 8.48. The van der Waals surface area contributed by atoms with Gasteiger partial charge in [-0.2, -0.15) is 20.2 Å². The molecule has 172 valence electrons. The lowest BCUT2D eigenvalue weighted by Gasteiger charge is -2.43. The summed E-state index contributed by atoms with van der Waals surface area (Å²) in [5.74, 6) is 3.77. The highest BCUT2D eigenvalue weighted by Crippen LogP contribution is 2.65. The van der Waals surface area contributed by atoms with Crippen molar-refractivity contribution in [1.82, 2.24) is 0 Å². The number of thioether (sulfide) groups is 1. The van der Waals surface area contributed by atoms with Crippen LogP contribution in [0.5, 0.6) is 0 Å². The second-order valence-electron chi connectivity index (χ2n) is 10.4. The van der Waals surface area contributed by atoms with Gasteiger partial charge >= 0.3 is 0 Å². The molecule has 3 aliphatic carbocycles. The molecule has 4 rings (SSSR count). The monoisotopic (exact) mass is 476 g/mol. The summed E-state index contributed by atoms with van der Waals surface area (Å²) in [5, 5.41) is 0. The molecule has 8 heteroatoms. The van der Waals surface area contributed by atoms with Crippen LogP contribution in [0.4, 0.5) is 0 Å². The van der Waals surface area contributed by atoms with Gasteiger partial charge < -0.3 is 0 Å². The van der Waals surface area contributed by atoms with Crippen LogP contribution in [0, 0.1) is 22.7 Å². The maximum atomic E-state index is 13.4. The Balaban J connectivity index is 1.52. The molecule has 0 aromatic rings. The van der Waals surface area contributed by atoms with Crippen molar-refractivity contribution in [2.45, 2.75) is 65.2 Å². The second-order valence-corrected chi connectivity index (χ2v) is 16.6. The third-order valence-corrected chi connectivity index (χ3v) is 15.5. The Hall–Kier alpha value is -0.0500. The van der Waals surface area contributed by atoms with Crippen LogP contribution >= 0.6 is 22.1 Å². The smallest absolute Gasteiger partial charge is 0.277 e. The Morgan fingerprint density at radius 3 is 2.37 bits per heavy atom. The molecule has 1 saturated heterocycles. The topological polar surface area (TPSA) is 77.5 Å². The van der Waals surface area contributed by atoms with E-state index < -0.39 is 25.8 Å². The van der Waals surface area contributed by atoms with E-state index in [0.29, 0.717) is 24.3 Å². The number of rotatable bonds is 7. The Bertz CT molecular complexity index is 794. The highest BCUT2D eigenvalue weighted by Gasteiger charge is 2.65. The summed E-state index contributed by atoms with van der Waals surface area (Å²) >= 11 is 1.81. The van der Waals surface area contributed by atoms with Gasteiger partial charge in [0.15, 0.2) is 0 Å². The molecule has 0 spiro atoms. The molecule has 4 fully saturated rings. The van der Waals surface area contributed by atoms with Crippen LogP contribution in [0.3, 0.4) is 0 Å². The van der Waals surface area contributed by atoms with Crippen LogP contribution in [0.2, 0.25) is 0 Å². The van der Waals surface area contributed by atoms with Crippen molar-refractivity contribution in [3.05, 3.63) is 0 Å². The zero-order chi connectivity index (χ0) is 21.6. The Morgan fingerprint density at radius 2 is 1.80 bits per heavy atom. The summed E-state index contributed by atoms with van der Waals surface area (Å²) in [7, 11) is -5.88. The van der Waals surface area contributed by atoms with Gasteiger partial charge in [-0.3, -0.25) is 9.59 Å². The van der Waals surface area contributed by atoms with Crippen LogP contribution in [-0.2, 0) is 23.3 Å². The number of hydrogen-bond donors (Lipinski definition) is 0. The molecule has 3 saturated carbocycles. The van der Waals surface area contributed by atoms with Crippen LogP contribution in [0.25, 0.3) is 0 Å². The van der Waals surface area contributed by atoms with E-state index in [2.05, 4.69) is 13.8 Å². The number of fused-ring (bicyclic) bond motifs is 2. The minimum absolute atomic E-state index is 0.0773. The average Bonchev–Trinajstić information content (AvgIpc) is 3.02. The highest BCUT2D eigenvalue weighted by molar-refractivity contribution is 8.34. The summed E-state index contributed by atoms with van der Waals surface area (Å²) in [6.45, 7) is 4.11. The largest absolute Gasteiger partial charge is 0.299 e. The maximum Gasteiger partial charge on any atom is 0.277 e. The van der Waals surface area contributed by atoms with E-state index in [0.717, 1.165) is 43.6 Å². The van der Waals surface area contributed by atoms with Crippen LogP contribution in [-0.4, -0.2) is 54.5 Å². The summed E-state index contributed by atoms with van der Waals surface area (Å²) in [6.07, 6.45) is 7.30. The van der Waals surface area contributed by atoms with E-state index in [4.69, 9.17) is 3.63 Å². The van der Waals surface area contributed by atoms with Gasteiger partial charge in [0.05, 0.1) is 16.9 Å². The molecule has 30 heavy (non-hydrogen) atoms. The number of carbonyl (C=O) groups is 2. The van der Waals surface area contributed by atoms with Crippen molar-refractivity contribution >= 4 is 43.8 Å². The predicted molar refractivity (Wildman–Crippen MR) is 125 cm³/mol. The number of carbonyl (C=O) groups excluding carboxylic acids is 2. The zero-order valence-corrected chi connectivity index (χ0v) is 20.8. The molecule has 0 N–H and O–H groups in total. The molecule has 0 aromatic heterocycles. The van der Waals surface area contributed by atoms with Gasteiger partial charge in [-0.25, -0.2) is 3.63 Å². The van der Waals surface area contributed by atoms with Crippen LogP contribution in [0.1, 0.15) is 65.2 Å². The lowest BCUT2D eigenvalue weighted by molar-refractivity contribution is -0.128. The normalized spacial score (nSPS) is 34.7. The first-order valence-electron chi connectivity index (χ1n) is 11.4. The van der Waals surface area contributed by atoms with Gasteiger partial charge in [-0.1, -0.05) is 33.1 Å². The van der Waals surface area contributed by atoms with Gasteiger partial charge in [0.2, 0.25) is 0 Å². The number of Topliss-reactive ketones (excluding diaryl/α,β-unsaturated/α-hetero) is 2. The lowest BCUT2D eigenvalue weighted by atomic mass is 9.70. The van der Waals surface area contributed by atoms with E-state index >= 15 is 0 Å². The molecule has 0 aromatic carbocycles. The highest BCUT2D eigenvalue weighted by atomic mass is 32.3. The molecular formula is C22H36O5S3. The van der Waals surface area contributed by atoms with Gasteiger partial charge in [-0.05, 0) is 37.0 Å². The first kappa shape index (κ1) is 23.1. The lowest BCUT2D eigenvalue weighted by Crippen LogP contribution is -2.43. The summed E-state index contributed by atoms with van der Waals surface area (Å²) < 4.78 is 32.8. The second kappa shape index (κ2) is 8.38. The standard InChI is InChI=1S/C22H36O5S3/c1-21(2)18-8-9-22(21,20(24)14-18)16-30(25,26)27-29(12-10-28-11-13-29)15-19(23)17-6-4-3-5-7-17/h17-18H,3-16H2,1-2H3. The van der Waals surface area contributed by atoms with E-state index in [1.807, 2.05) is 11.8 Å². The van der Waals surface area contributed by atoms with Crippen LogP contribution in [0.15, 0.2) is 0 Å². The molecular weight excluding hydrogens is 440 g/mol. The van der Waals surface area contributed by atoms with E-state index in [1.54, 1.807) is 0 Å². The quantitative estimate of drug-likeness (QED) is 0.544. The van der Waals surface area contributed by atoms with Gasteiger partial charge in [0, 0.05) is 35.4 Å². The maximum absolute atomic E-state index is 13.4. The molecule has 4 aliphatic rings. The van der Waals surface area contributed by atoms with Crippen molar-refractivity contribution < 1.29 is 21.6 Å². The van der Waals surface area contributed by atoms with E-state index in [9.17, 15) is 18.0 Å². The molecule has 2 atom stereocenters. The predicted octanol–water partition coefficient (Wildman–Crippen LogP) is 4.34. The van der Waals surface area contributed by atoms with Crippen molar-refractivity contribution in [3.63, 3.8) is 0 Å². The molecule has 5 nitrogen and oxygen atoms in total. The Labute approximate surface area is 187 Å². The minimum atomic E-state index is -3.89. The fourth-order valence-electron chi connectivity index (χ4n) is 6.32.